The van der Waals surface area contributed by atoms with E-state index in [1.54, 1.807) is 30.3 Å². The van der Waals surface area contributed by atoms with Crippen LogP contribution in [0.15, 0.2) is 40.9 Å². The molecule has 1 unspecified atom stereocenters. The number of carbonyl (C=O) groups excluding carboxylic acids is 2. The zero-order chi connectivity index (χ0) is 19.3. The first-order chi connectivity index (χ1) is 12.3. The van der Waals surface area contributed by atoms with E-state index in [-0.39, 0.29) is 10.6 Å². The number of halogens is 2. The molecular weight excluding hydrogens is 426 g/mol. The maximum absolute atomic E-state index is 12.4. The molecule has 0 heterocycles. The molecule has 6 nitrogen and oxygen atoms in total. The largest absolute Gasteiger partial charge is 0.497 e. The van der Waals surface area contributed by atoms with E-state index in [0.29, 0.717) is 21.7 Å². The van der Waals surface area contributed by atoms with Crippen LogP contribution in [0.4, 0.5) is 5.69 Å². The summed E-state index contributed by atoms with van der Waals surface area (Å²) >= 11 is 9.27. The third-order valence-electron chi connectivity index (χ3n) is 3.47. The molecule has 0 saturated heterocycles. The van der Waals surface area contributed by atoms with Crippen molar-refractivity contribution in [1.29, 1.82) is 0 Å². The second kappa shape index (κ2) is 8.91. The molecular formula is C18H17BrClNO5. The monoisotopic (exact) mass is 441 g/mol. The Bertz CT molecular complexity index is 827. The Morgan fingerprint density at radius 2 is 1.85 bits per heavy atom. The zero-order valence-corrected chi connectivity index (χ0v) is 16.7. The van der Waals surface area contributed by atoms with Crippen molar-refractivity contribution in [3.8, 4) is 11.5 Å². The van der Waals surface area contributed by atoms with E-state index in [9.17, 15) is 9.59 Å². The third-order valence-corrected chi connectivity index (χ3v) is 4.29. The van der Waals surface area contributed by atoms with Gasteiger partial charge in [0.25, 0.3) is 5.91 Å². The molecule has 0 aliphatic rings. The van der Waals surface area contributed by atoms with Crippen molar-refractivity contribution in [2.45, 2.75) is 13.0 Å². The van der Waals surface area contributed by atoms with Gasteiger partial charge < -0.3 is 19.5 Å². The Morgan fingerprint density at radius 1 is 1.12 bits per heavy atom. The van der Waals surface area contributed by atoms with Crippen LogP contribution in [0.25, 0.3) is 0 Å². The molecule has 138 valence electrons. The predicted octanol–water partition coefficient (Wildman–Crippen LogP) is 4.30. The van der Waals surface area contributed by atoms with Crippen LogP contribution in [0.5, 0.6) is 11.5 Å². The second-order valence-electron chi connectivity index (χ2n) is 5.23. The van der Waals surface area contributed by atoms with Crippen molar-refractivity contribution >= 4 is 45.1 Å². The van der Waals surface area contributed by atoms with Crippen LogP contribution in [0.2, 0.25) is 5.02 Å². The summed E-state index contributed by atoms with van der Waals surface area (Å²) in [6.07, 6.45) is -1.05. The van der Waals surface area contributed by atoms with E-state index in [0.717, 1.165) is 0 Å². The average Bonchev–Trinajstić information content (AvgIpc) is 2.63. The molecule has 0 aliphatic carbocycles. The highest BCUT2D eigenvalue weighted by atomic mass is 79.9. The van der Waals surface area contributed by atoms with Crippen molar-refractivity contribution in [2.75, 3.05) is 19.5 Å². The van der Waals surface area contributed by atoms with E-state index in [1.165, 1.54) is 27.2 Å². The molecule has 2 aromatic rings. The first-order valence-electron chi connectivity index (χ1n) is 7.54. The Morgan fingerprint density at radius 3 is 2.50 bits per heavy atom. The topological polar surface area (TPSA) is 73.9 Å². The fraction of sp³-hybridized carbons (Fsp3) is 0.222. The molecule has 1 N–H and O–H groups in total. The number of hydrogen-bond donors (Lipinski definition) is 1. The van der Waals surface area contributed by atoms with Crippen LogP contribution in [0.3, 0.4) is 0 Å². The molecule has 0 radical (unpaired) electrons. The van der Waals surface area contributed by atoms with E-state index in [4.69, 9.17) is 25.8 Å². The number of methoxy groups -OCH3 is 2. The van der Waals surface area contributed by atoms with Crippen molar-refractivity contribution in [2.24, 2.45) is 0 Å². The first kappa shape index (κ1) is 20.1. The molecule has 1 amide bonds. The number of carbonyl (C=O) groups is 2. The lowest BCUT2D eigenvalue weighted by atomic mass is 10.2. The van der Waals surface area contributed by atoms with Crippen molar-refractivity contribution in [3.63, 3.8) is 0 Å². The van der Waals surface area contributed by atoms with Gasteiger partial charge in [0.2, 0.25) is 0 Å². The summed E-state index contributed by atoms with van der Waals surface area (Å²) in [5.74, 6) is -0.216. The van der Waals surface area contributed by atoms with Gasteiger partial charge in [-0.05, 0) is 37.3 Å². The van der Waals surface area contributed by atoms with E-state index < -0.39 is 18.0 Å². The van der Waals surface area contributed by atoms with Crippen LogP contribution in [-0.4, -0.2) is 32.2 Å². The Hall–Kier alpha value is -2.25. The summed E-state index contributed by atoms with van der Waals surface area (Å²) in [6.45, 7) is 1.46. The van der Waals surface area contributed by atoms with Gasteiger partial charge in [-0.2, -0.15) is 0 Å². The lowest BCUT2D eigenvalue weighted by molar-refractivity contribution is -0.123. The van der Waals surface area contributed by atoms with E-state index in [1.807, 2.05) is 0 Å². The highest BCUT2D eigenvalue weighted by molar-refractivity contribution is 9.10. The predicted molar refractivity (Wildman–Crippen MR) is 102 cm³/mol. The number of ether oxygens (including phenoxy) is 3. The van der Waals surface area contributed by atoms with Crippen LogP contribution < -0.4 is 14.8 Å². The van der Waals surface area contributed by atoms with Gasteiger partial charge in [0.1, 0.15) is 11.5 Å². The van der Waals surface area contributed by atoms with Crippen LogP contribution >= 0.6 is 27.5 Å². The lowest BCUT2D eigenvalue weighted by Gasteiger charge is -2.16. The number of anilines is 1. The summed E-state index contributed by atoms with van der Waals surface area (Å²) < 4.78 is 16.2. The van der Waals surface area contributed by atoms with Gasteiger partial charge in [0.05, 0.1) is 30.5 Å². The number of rotatable bonds is 6. The minimum absolute atomic E-state index is 0.166. The number of nitrogens with one attached hydrogen (secondary N) is 1. The molecule has 0 aromatic heterocycles. The maximum Gasteiger partial charge on any atom is 0.340 e. The van der Waals surface area contributed by atoms with Crippen molar-refractivity contribution in [1.82, 2.24) is 0 Å². The van der Waals surface area contributed by atoms with Crippen molar-refractivity contribution < 1.29 is 23.8 Å². The van der Waals surface area contributed by atoms with Gasteiger partial charge in [-0.3, -0.25) is 4.79 Å². The van der Waals surface area contributed by atoms with Gasteiger partial charge in [-0.1, -0.05) is 27.5 Å². The molecule has 2 rings (SSSR count). The summed E-state index contributed by atoms with van der Waals surface area (Å²) in [7, 11) is 3.00. The molecule has 0 spiro atoms. The number of benzene rings is 2. The number of esters is 1. The highest BCUT2D eigenvalue weighted by Crippen LogP contribution is 2.29. The smallest absolute Gasteiger partial charge is 0.340 e. The minimum Gasteiger partial charge on any atom is -0.497 e. The van der Waals surface area contributed by atoms with Crippen LogP contribution in [-0.2, 0) is 9.53 Å². The summed E-state index contributed by atoms with van der Waals surface area (Å²) in [5, 5.41) is 2.89. The third kappa shape index (κ3) is 4.89. The lowest BCUT2D eigenvalue weighted by Crippen LogP contribution is -2.30. The Labute approximate surface area is 164 Å². The molecule has 8 heteroatoms. The normalized spacial score (nSPS) is 11.4. The summed E-state index contributed by atoms with van der Waals surface area (Å²) in [5.41, 5.74) is 0.569. The Kier molecular flexibility index (Phi) is 6.88. The maximum atomic E-state index is 12.4. The van der Waals surface area contributed by atoms with Gasteiger partial charge in [0, 0.05) is 10.5 Å². The standard InChI is InChI=1S/C18H17BrClNO5/c1-10(26-18(23)13-8-11(19)4-6-14(13)20)17(22)21-15-9-12(24-2)5-7-16(15)25-3/h4-10H,1-3H3,(H,21,22). The summed E-state index contributed by atoms with van der Waals surface area (Å²) in [4.78, 5) is 24.6. The number of hydrogen-bond acceptors (Lipinski definition) is 5. The zero-order valence-electron chi connectivity index (χ0n) is 14.3. The molecule has 1 atom stereocenters. The van der Waals surface area contributed by atoms with Gasteiger partial charge in [-0.15, -0.1) is 0 Å². The quantitative estimate of drug-likeness (QED) is 0.675. The van der Waals surface area contributed by atoms with Gasteiger partial charge in [-0.25, -0.2) is 4.79 Å². The first-order valence-corrected chi connectivity index (χ1v) is 8.71. The number of amides is 1. The van der Waals surface area contributed by atoms with Gasteiger partial charge in [0.15, 0.2) is 6.10 Å². The SMILES string of the molecule is COc1ccc(OC)c(NC(=O)C(C)OC(=O)c2cc(Br)ccc2Cl)c1. The molecule has 0 saturated carbocycles. The average molecular weight is 443 g/mol. The van der Waals surface area contributed by atoms with Gasteiger partial charge >= 0.3 is 5.97 Å². The summed E-state index contributed by atoms with van der Waals surface area (Å²) in [6, 6.07) is 9.76. The minimum atomic E-state index is -1.05. The van der Waals surface area contributed by atoms with Crippen molar-refractivity contribution in [3.05, 3.63) is 51.5 Å². The highest BCUT2D eigenvalue weighted by Gasteiger charge is 2.22. The molecule has 26 heavy (non-hydrogen) atoms. The molecule has 0 fully saturated rings. The van der Waals surface area contributed by atoms with E-state index >= 15 is 0 Å². The second-order valence-corrected chi connectivity index (χ2v) is 6.55. The fourth-order valence-corrected chi connectivity index (χ4v) is 2.63. The Balaban J connectivity index is 2.10. The molecule has 0 aliphatic heterocycles. The fourth-order valence-electron chi connectivity index (χ4n) is 2.08. The molecule has 0 bridgehead atoms. The van der Waals surface area contributed by atoms with Crippen LogP contribution in [0.1, 0.15) is 17.3 Å². The van der Waals surface area contributed by atoms with Crippen LogP contribution in [0, 0.1) is 0 Å². The molecule has 2 aromatic carbocycles. The van der Waals surface area contributed by atoms with E-state index in [2.05, 4.69) is 21.2 Å².